The summed E-state index contributed by atoms with van der Waals surface area (Å²) in [5, 5.41) is 1.99. The molecule has 0 aromatic carbocycles. The molecule has 122 valence electrons. The van der Waals surface area contributed by atoms with Gasteiger partial charge in [-0.2, -0.15) is 0 Å². The van der Waals surface area contributed by atoms with Crippen LogP contribution in [0.4, 0.5) is 0 Å². The quantitative estimate of drug-likeness (QED) is 0.788. The Morgan fingerprint density at radius 3 is 2.65 bits per heavy atom. The zero-order valence-corrected chi connectivity index (χ0v) is 14.4. The summed E-state index contributed by atoms with van der Waals surface area (Å²) in [4.78, 5) is 38.5. The van der Waals surface area contributed by atoms with Gasteiger partial charge >= 0.3 is 5.69 Å². The van der Waals surface area contributed by atoms with Gasteiger partial charge in [0, 0.05) is 38.3 Å². The lowest BCUT2D eigenvalue weighted by Crippen LogP contribution is -2.37. The van der Waals surface area contributed by atoms with Gasteiger partial charge in [0.25, 0.3) is 5.56 Å². The molecule has 0 atom stereocenters. The molecule has 1 amide bonds. The highest BCUT2D eigenvalue weighted by molar-refractivity contribution is 7.10. The van der Waals surface area contributed by atoms with Gasteiger partial charge in [-0.3, -0.25) is 14.2 Å². The SMILES string of the molecule is Cc1ccsc1CN(C)C(=O)C=Cc1cn(C)c(=O)n(C)c1=O. The van der Waals surface area contributed by atoms with E-state index in [4.69, 9.17) is 0 Å². The number of thiophene rings is 1. The van der Waals surface area contributed by atoms with Crippen molar-refractivity contribution in [3.05, 3.63) is 60.6 Å². The summed E-state index contributed by atoms with van der Waals surface area (Å²) in [5.41, 5.74) is 0.631. The van der Waals surface area contributed by atoms with Crippen molar-refractivity contribution in [3.8, 4) is 0 Å². The number of aryl methyl sites for hydroxylation is 2. The average molecular weight is 333 g/mol. The molecule has 0 saturated carbocycles. The highest BCUT2D eigenvalue weighted by Gasteiger charge is 2.09. The average Bonchev–Trinajstić information content (AvgIpc) is 2.92. The van der Waals surface area contributed by atoms with Gasteiger partial charge in [0.1, 0.15) is 0 Å². The second kappa shape index (κ2) is 6.78. The zero-order chi connectivity index (χ0) is 17.1. The lowest BCUT2D eigenvalue weighted by molar-refractivity contribution is -0.125. The van der Waals surface area contributed by atoms with Gasteiger partial charge in [0.15, 0.2) is 0 Å². The maximum atomic E-state index is 12.2. The number of hydrogen-bond acceptors (Lipinski definition) is 4. The first-order valence-corrected chi connectivity index (χ1v) is 7.92. The van der Waals surface area contributed by atoms with E-state index in [0.717, 1.165) is 15.0 Å². The second-order valence-electron chi connectivity index (χ2n) is 5.40. The molecule has 2 rings (SSSR count). The van der Waals surface area contributed by atoms with Crippen LogP contribution in [-0.4, -0.2) is 27.0 Å². The maximum absolute atomic E-state index is 12.2. The van der Waals surface area contributed by atoms with Crippen LogP contribution in [0, 0.1) is 6.92 Å². The third-order valence-electron chi connectivity index (χ3n) is 3.60. The fraction of sp³-hybridized carbons (Fsp3) is 0.312. The van der Waals surface area contributed by atoms with Gasteiger partial charge in [-0.05, 0) is 30.0 Å². The molecule has 0 fully saturated rings. The smallest absolute Gasteiger partial charge is 0.330 e. The van der Waals surface area contributed by atoms with Crippen LogP contribution in [0.5, 0.6) is 0 Å². The van der Waals surface area contributed by atoms with E-state index in [0.29, 0.717) is 12.1 Å². The molecule has 7 heteroatoms. The van der Waals surface area contributed by atoms with Crippen molar-refractivity contribution in [3.63, 3.8) is 0 Å². The van der Waals surface area contributed by atoms with Crippen LogP contribution in [0.3, 0.4) is 0 Å². The normalized spacial score (nSPS) is 11.1. The van der Waals surface area contributed by atoms with Crippen molar-refractivity contribution >= 4 is 23.3 Å². The molecule has 6 nitrogen and oxygen atoms in total. The number of hydrogen-bond donors (Lipinski definition) is 0. The van der Waals surface area contributed by atoms with Gasteiger partial charge in [0.05, 0.1) is 12.1 Å². The van der Waals surface area contributed by atoms with Crippen molar-refractivity contribution in [2.45, 2.75) is 13.5 Å². The monoisotopic (exact) mass is 333 g/mol. The Balaban J connectivity index is 2.17. The standard InChI is InChI=1S/C16H19N3O3S/c1-11-7-8-23-13(11)10-17(2)14(20)6-5-12-9-18(3)16(22)19(4)15(12)21/h5-9H,10H2,1-4H3. The minimum absolute atomic E-state index is 0.200. The van der Waals surface area contributed by atoms with Crippen LogP contribution in [0.2, 0.25) is 0 Å². The summed E-state index contributed by atoms with van der Waals surface area (Å²) >= 11 is 1.61. The van der Waals surface area contributed by atoms with Crippen molar-refractivity contribution in [2.75, 3.05) is 7.05 Å². The molecule has 0 radical (unpaired) electrons. The van der Waals surface area contributed by atoms with E-state index in [2.05, 4.69) is 0 Å². The zero-order valence-electron chi connectivity index (χ0n) is 13.6. The summed E-state index contributed by atoms with van der Waals surface area (Å²) in [6.45, 7) is 2.53. The Morgan fingerprint density at radius 1 is 1.35 bits per heavy atom. The Labute approximate surface area is 137 Å². The molecule has 2 heterocycles. The van der Waals surface area contributed by atoms with Crippen molar-refractivity contribution in [1.29, 1.82) is 0 Å². The van der Waals surface area contributed by atoms with E-state index < -0.39 is 11.2 Å². The van der Waals surface area contributed by atoms with Crippen LogP contribution in [0.1, 0.15) is 16.0 Å². The predicted molar refractivity (Wildman–Crippen MR) is 91.5 cm³/mol. The van der Waals surface area contributed by atoms with Crippen molar-refractivity contribution in [2.24, 2.45) is 14.1 Å². The van der Waals surface area contributed by atoms with E-state index in [1.54, 1.807) is 30.3 Å². The molecule has 0 bridgehead atoms. The highest BCUT2D eigenvalue weighted by atomic mass is 32.1. The fourth-order valence-electron chi connectivity index (χ4n) is 2.10. The van der Waals surface area contributed by atoms with Crippen molar-refractivity contribution < 1.29 is 4.79 Å². The molecule has 23 heavy (non-hydrogen) atoms. The van der Waals surface area contributed by atoms with Gasteiger partial charge in [-0.1, -0.05) is 0 Å². The van der Waals surface area contributed by atoms with Gasteiger partial charge < -0.3 is 9.47 Å². The molecule has 0 aliphatic heterocycles. The predicted octanol–water partition coefficient (Wildman–Crippen LogP) is 1.13. The molecular formula is C16H19N3O3S. The molecular weight excluding hydrogens is 314 g/mol. The second-order valence-corrected chi connectivity index (χ2v) is 6.40. The minimum atomic E-state index is -0.422. The van der Waals surface area contributed by atoms with E-state index in [9.17, 15) is 14.4 Å². The van der Waals surface area contributed by atoms with Crippen LogP contribution < -0.4 is 11.2 Å². The summed E-state index contributed by atoms with van der Waals surface area (Å²) in [6.07, 6.45) is 4.23. The fourth-order valence-corrected chi connectivity index (χ4v) is 3.06. The first kappa shape index (κ1) is 17.0. The summed E-state index contributed by atoms with van der Waals surface area (Å²) in [7, 11) is 4.69. The van der Waals surface area contributed by atoms with Crippen LogP contribution in [-0.2, 0) is 25.4 Å². The van der Waals surface area contributed by atoms with Crippen LogP contribution in [0.25, 0.3) is 6.08 Å². The molecule has 0 N–H and O–H groups in total. The Hall–Kier alpha value is -2.41. The van der Waals surface area contributed by atoms with Gasteiger partial charge in [0.2, 0.25) is 5.91 Å². The lowest BCUT2D eigenvalue weighted by Gasteiger charge is -2.14. The molecule has 0 saturated heterocycles. The van der Waals surface area contributed by atoms with E-state index in [1.807, 2.05) is 18.4 Å². The number of nitrogens with zero attached hydrogens (tertiary/aromatic N) is 3. The summed E-state index contributed by atoms with van der Waals surface area (Å²) in [6, 6.07) is 2.02. The van der Waals surface area contributed by atoms with Gasteiger partial charge in [-0.15, -0.1) is 11.3 Å². The Bertz CT molecular complexity index is 873. The molecule has 0 unspecified atom stereocenters. The van der Waals surface area contributed by atoms with E-state index in [-0.39, 0.29) is 5.91 Å². The van der Waals surface area contributed by atoms with E-state index in [1.165, 1.54) is 30.0 Å². The summed E-state index contributed by atoms with van der Waals surface area (Å²) in [5.74, 6) is -0.200. The number of likely N-dealkylation sites (N-methyl/N-ethyl adjacent to an activating group) is 1. The Kier molecular flexibility index (Phi) is 5.00. The summed E-state index contributed by atoms with van der Waals surface area (Å²) < 4.78 is 2.33. The molecule has 0 aliphatic carbocycles. The number of aromatic nitrogens is 2. The first-order chi connectivity index (χ1) is 10.8. The van der Waals surface area contributed by atoms with Crippen molar-refractivity contribution in [1.82, 2.24) is 14.0 Å². The molecule has 0 spiro atoms. The topological polar surface area (TPSA) is 64.3 Å². The molecule has 2 aromatic rings. The first-order valence-electron chi connectivity index (χ1n) is 7.04. The third kappa shape index (κ3) is 3.68. The molecule has 2 aromatic heterocycles. The number of rotatable bonds is 4. The third-order valence-corrected chi connectivity index (χ3v) is 4.61. The van der Waals surface area contributed by atoms with E-state index >= 15 is 0 Å². The number of carbonyl (C=O) groups is 1. The van der Waals surface area contributed by atoms with Crippen LogP contribution in [0.15, 0.2) is 33.3 Å². The Morgan fingerprint density at radius 2 is 2.04 bits per heavy atom. The number of carbonyl (C=O) groups excluding carboxylic acids is 1. The molecule has 0 aliphatic rings. The number of amides is 1. The van der Waals surface area contributed by atoms with Gasteiger partial charge in [-0.25, -0.2) is 4.79 Å². The maximum Gasteiger partial charge on any atom is 0.330 e. The van der Waals surface area contributed by atoms with Crippen LogP contribution >= 0.6 is 11.3 Å². The minimum Gasteiger partial charge on any atom is -0.337 e. The highest BCUT2D eigenvalue weighted by Crippen LogP contribution is 2.17. The lowest BCUT2D eigenvalue weighted by atomic mass is 10.2. The largest absolute Gasteiger partial charge is 0.337 e.